The molecule has 0 radical (unpaired) electrons. The first-order chi connectivity index (χ1) is 12.0. The van der Waals surface area contributed by atoms with Crippen molar-refractivity contribution in [3.05, 3.63) is 29.6 Å². The van der Waals surface area contributed by atoms with E-state index in [9.17, 15) is 0 Å². The Balaban J connectivity index is 2.63. The molecule has 1 aromatic heterocycles. The van der Waals surface area contributed by atoms with Crippen LogP contribution in [0.2, 0.25) is 0 Å². The monoisotopic (exact) mass is 340 g/mol. The van der Waals surface area contributed by atoms with Crippen molar-refractivity contribution < 1.29 is 14.2 Å². The second kappa shape index (κ2) is 8.39. The fourth-order valence-electron chi connectivity index (χ4n) is 2.51. The fourth-order valence-corrected chi connectivity index (χ4v) is 2.51. The summed E-state index contributed by atoms with van der Waals surface area (Å²) in [5.41, 5.74) is 2.81. The number of benzene rings is 1. The van der Waals surface area contributed by atoms with Crippen molar-refractivity contribution >= 4 is 0 Å². The molecule has 2 rings (SSSR count). The van der Waals surface area contributed by atoms with Gasteiger partial charge >= 0.3 is 0 Å². The van der Waals surface area contributed by atoms with Gasteiger partial charge in [-0.1, -0.05) is 13.8 Å². The highest BCUT2D eigenvalue weighted by Crippen LogP contribution is 2.35. The maximum absolute atomic E-state index is 5.68. The Kier molecular flexibility index (Phi) is 6.24. The van der Waals surface area contributed by atoms with Gasteiger partial charge in [0.25, 0.3) is 0 Å². The molecule has 0 spiro atoms. The van der Waals surface area contributed by atoms with Gasteiger partial charge in [0.2, 0.25) is 5.88 Å². The Morgan fingerprint density at radius 2 is 1.84 bits per heavy atom. The van der Waals surface area contributed by atoms with Crippen LogP contribution in [0.4, 0.5) is 0 Å². The molecule has 0 saturated heterocycles. The molecule has 5 heteroatoms. The third kappa shape index (κ3) is 4.21. The van der Waals surface area contributed by atoms with Crippen LogP contribution in [0.1, 0.15) is 32.2 Å². The first-order valence-electron chi connectivity index (χ1n) is 8.26. The largest absolute Gasteiger partial charge is 0.493 e. The summed E-state index contributed by atoms with van der Waals surface area (Å²) in [6, 6.07) is 5.60. The Hall–Kier alpha value is -2.74. The molecule has 1 aromatic carbocycles. The zero-order valence-corrected chi connectivity index (χ0v) is 15.4. The number of ether oxygens (including phenoxy) is 3. The van der Waals surface area contributed by atoms with Crippen molar-refractivity contribution in [3.8, 4) is 41.0 Å². The van der Waals surface area contributed by atoms with Crippen LogP contribution in [0, 0.1) is 18.3 Å². The van der Waals surface area contributed by atoms with Crippen LogP contribution in [-0.4, -0.2) is 30.8 Å². The summed E-state index contributed by atoms with van der Waals surface area (Å²) in [6.45, 7) is 6.61. The van der Waals surface area contributed by atoms with Gasteiger partial charge in [-0.15, -0.1) is 6.42 Å². The van der Waals surface area contributed by atoms with E-state index in [2.05, 4.69) is 24.8 Å². The van der Waals surface area contributed by atoms with Crippen molar-refractivity contribution in [1.29, 1.82) is 0 Å². The van der Waals surface area contributed by atoms with Gasteiger partial charge in [0, 0.05) is 5.56 Å². The van der Waals surface area contributed by atoms with Gasteiger partial charge in [0.1, 0.15) is 11.4 Å². The highest BCUT2D eigenvalue weighted by molar-refractivity contribution is 5.68. The van der Waals surface area contributed by atoms with Crippen LogP contribution in [0.3, 0.4) is 0 Å². The average molecular weight is 340 g/mol. The van der Waals surface area contributed by atoms with E-state index >= 15 is 0 Å². The third-order valence-electron chi connectivity index (χ3n) is 3.61. The lowest BCUT2D eigenvalue weighted by molar-refractivity contribution is 0.326. The van der Waals surface area contributed by atoms with E-state index < -0.39 is 0 Å². The van der Waals surface area contributed by atoms with E-state index in [-0.39, 0.29) is 0 Å². The number of terminal acetylenes is 1. The van der Waals surface area contributed by atoms with Crippen molar-refractivity contribution in [2.45, 2.75) is 27.2 Å². The van der Waals surface area contributed by atoms with Crippen LogP contribution < -0.4 is 14.2 Å². The number of methoxy groups -OCH3 is 2. The zero-order valence-electron chi connectivity index (χ0n) is 15.4. The molecule has 0 saturated carbocycles. The summed E-state index contributed by atoms with van der Waals surface area (Å²) < 4.78 is 16.4. The van der Waals surface area contributed by atoms with Gasteiger partial charge in [-0.3, -0.25) is 0 Å². The molecule has 0 unspecified atom stereocenters. The molecule has 132 valence electrons. The summed E-state index contributed by atoms with van der Waals surface area (Å²) in [7, 11) is 3.20. The number of hydrogen-bond donors (Lipinski definition) is 0. The Morgan fingerprint density at radius 3 is 2.40 bits per heavy atom. The van der Waals surface area contributed by atoms with E-state index in [0.29, 0.717) is 41.3 Å². The molecular weight excluding hydrogens is 316 g/mol. The predicted molar refractivity (Wildman–Crippen MR) is 98.2 cm³/mol. The summed E-state index contributed by atoms with van der Waals surface area (Å²) in [5, 5.41) is 0. The second-order valence-corrected chi connectivity index (χ2v) is 5.92. The second-order valence-electron chi connectivity index (χ2n) is 5.92. The minimum absolute atomic E-state index is 0.414. The van der Waals surface area contributed by atoms with E-state index in [1.165, 1.54) is 0 Å². The maximum atomic E-state index is 5.68. The lowest BCUT2D eigenvalue weighted by atomic mass is 10.0. The van der Waals surface area contributed by atoms with E-state index in [1.54, 1.807) is 14.2 Å². The third-order valence-corrected chi connectivity index (χ3v) is 3.61. The topological polar surface area (TPSA) is 53.5 Å². The molecule has 0 fully saturated rings. The lowest BCUT2D eigenvalue weighted by Gasteiger charge is -2.15. The number of rotatable bonds is 7. The molecule has 0 aliphatic heterocycles. The Labute approximate surface area is 149 Å². The smallest absolute Gasteiger partial charge is 0.241 e. The molecule has 0 atom stereocenters. The molecule has 0 aliphatic rings. The Bertz CT molecular complexity index is 779. The van der Waals surface area contributed by atoms with Crippen LogP contribution in [0.25, 0.3) is 11.3 Å². The summed E-state index contributed by atoms with van der Waals surface area (Å²) in [5.74, 6) is 4.74. The van der Waals surface area contributed by atoms with Gasteiger partial charge in [-0.05, 0) is 43.4 Å². The van der Waals surface area contributed by atoms with Gasteiger partial charge in [-0.2, -0.15) is 0 Å². The van der Waals surface area contributed by atoms with Crippen LogP contribution in [-0.2, 0) is 6.42 Å². The molecular formula is C20H24N2O3. The Morgan fingerprint density at radius 1 is 1.12 bits per heavy atom. The maximum Gasteiger partial charge on any atom is 0.241 e. The van der Waals surface area contributed by atoms with Gasteiger partial charge in [0.15, 0.2) is 11.5 Å². The van der Waals surface area contributed by atoms with Crippen molar-refractivity contribution in [3.63, 3.8) is 0 Å². The molecule has 5 nitrogen and oxygen atoms in total. The standard InChI is InChI=1S/C20H24N2O3/c1-7-15-16(11-13(3)4)21-19(20(22-15)25-8-2)14-9-10-17(23-5)18(12-14)24-6/h1,9-10,12-13H,8,11H2,2-6H3. The van der Waals surface area contributed by atoms with E-state index in [1.807, 2.05) is 25.1 Å². The van der Waals surface area contributed by atoms with E-state index in [4.69, 9.17) is 25.6 Å². The normalized spacial score (nSPS) is 10.4. The predicted octanol–water partition coefficient (Wildman–Crippen LogP) is 3.74. The van der Waals surface area contributed by atoms with E-state index in [0.717, 1.165) is 17.7 Å². The van der Waals surface area contributed by atoms with Crippen molar-refractivity contribution in [2.75, 3.05) is 20.8 Å². The summed E-state index contributed by atoms with van der Waals surface area (Å²) in [4.78, 5) is 9.29. The zero-order chi connectivity index (χ0) is 18.4. The molecule has 0 N–H and O–H groups in total. The summed E-state index contributed by atoms with van der Waals surface area (Å²) in [6.07, 6.45) is 6.37. The highest BCUT2D eigenvalue weighted by Gasteiger charge is 2.18. The molecule has 2 aromatic rings. The summed E-state index contributed by atoms with van der Waals surface area (Å²) >= 11 is 0. The van der Waals surface area contributed by atoms with Crippen molar-refractivity contribution in [1.82, 2.24) is 9.97 Å². The minimum atomic E-state index is 0.414. The average Bonchev–Trinajstić information content (AvgIpc) is 2.61. The van der Waals surface area contributed by atoms with Gasteiger partial charge in [-0.25, -0.2) is 9.97 Å². The highest BCUT2D eigenvalue weighted by atomic mass is 16.5. The fraction of sp³-hybridized carbons (Fsp3) is 0.400. The minimum Gasteiger partial charge on any atom is -0.493 e. The quantitative estimate of drug-likeness (QED) is 0.719. The van der Waals surface area contributed by atoms with Crippen LogP contribution in [0.15, 0.2) is 18.2 Å². The van der Waals surface area contributed by atoms with Gasteiger partial charge < -0.3 is 14.2 Å². The number of nitrogens with zero attached hydrogens (tertiary/aromatic N) is 2. The molecule has 25 heavy (non-hydrogen) atoms. The number of aromatic nitrogens is 2. The molecule has 0 amide bonds. The SMILES string of the molecule is C#Cc1nc(OCC)c(-c2ccc(OC)c(OC)c2)nc1CC(C)C. The van der Waals surface area contributed by atoms with Crippen molar-refractivity contribution in [2.24, 2.45) is 5.92 Å². The number of hydrogen-bond acceptors (Lipinski definition) is 5. The van der Waals surface area contributed by atoms with Gasteiger partial charge in [0.05, 0.1) is 26.5 Å². The lowest BCUT2D eigenvalue weighted by Crippen LogP contribution is -2.08. The molecule has 0 aliphatic carbocycles. The molecule has 1 heterocycles. The van der Waals surface area contributed by atoms with Crippen LogP contribution in [0.5, 0.6) is 17.4 Å². The molecule has 0 bridgehead atoms. The first kappa shape index (κ1) is 18.6. The van der Waals surface area contributed by atoms with Crippen LogP contribution >= 0.6 is 0 Å². The first-order valence-corrected chi connectivity index (χ1v) is 8.26.